The topological polar surface area (TPSA) is 89.5 Å². The van der Waals surface area contributed by atoms with Gasteiger partial charge in [-0.1, -0.05) is 13.8 Å². The number of benzene rings is 1. The number of nitro benzene ring substituents is 1. The number of carbonyl (C=O) groups is 1. The minimum atomic E-state index is -0.496. The van der Waals surface area contributed by atoms with Gasteiger partial charge in [-0.05, 0) is 34.3 Å². The van der Waals surface area contributed by atoms with Crippen LogP contribution in [0.2, 0.25) is 0 Å². The second-order valence-corrected chi connectivity index (χ2v) is 6.20. The van der Waals surface area contributed by atoms with Crippen molar-refractivity contribution in [2.75, 3.05) is 13.6 Å². The van der Waals surface area contributed by atoms with Crippen molar-refractivity contribution in [1.82, 2.24) is 4.90 Å². The molecule has 0 spiro atoms. The lowest BCUT2D eigenvalue weighted by Gasteiger charge is -2.22. The quantitative estimate of drug-likeness (QED) is 0.592. The van der Waals surface area contributed by atoms with Crippen molar-refractivity contribution in [2.24, 2.45) is 11.7 Å². The van der Waals surface area contributed by atoms with Crippen molar-refractivity contribution in [2.45, 2.75) is 26.3 Å². The molecule has 0 saturated carbocycles. The number of carbonyl (C=O) groups excluding carboxylic acids is 1. The molecule has 0 bridgehead atoms. The Balaban J connectivity index is 0.00000441. The maximum absolute atomic E-state index is 12.3. The average Bonchev–Trinajstić information content (AvgIpc) is 2.43. The average molecular weight is 395 g/mol. The minimum absolute atomic E-state index is 0. The van der Waals surface area contributed by atoms with Gasteiger partial charge in [-0.15, -0.1) is 12.4 Å². The fourth-order valence-corrected chi connectivity index (χ4v) is 2.31. The van der Waals surface area contributed by atoms with Crippen LogP contribution >= 0.6 is 28.3 Å². The summed E-state index contributed by atoms with van der Waals surface area (Å²) in [6.45, 7) is 4.63. The molecule has 1 aromatic rings. The molecule has 0 radical (unpaired) electrons. The van der Waals surface area contributed by atoms with E-state index in [4.69, 9.17) is 5.73 Å². The highest BCUT2D eigenvalue weighted by atomic mass is 79.9. The molecule has 0 heterocycles. The molecule has 1 atom stereocenters. The van der Waals surface area contributed by atoms with E-state index in [9.17, 15) is 14.9 Å². The number of non-ortho nitro benzene ring substituents is 1. The van der Waals surface area contributed by atoms with E-state index >= 15 is 0 Å². The molecule has 2 N–H and O–H groups in total. The van der Waals surface area contributed by atoms with Crippen LogP contribution in [-0.4, -0.2) is 35.4 Å². The van der Waals surface area contributed by atoms with Gasteiger partial charge < -0.3 is 10.6 Å². The zero-order valence-electron chi connectivity index (χ0n) is 12.8. The Hall–Kier alpha value is -1.18. The number of halogens is 2. The number of nitrogens with zero attached hydrogens (tertiary/aromatic N) is 2. The van der Waals surface area contributed by atoms with Crippen LogP contribution in [0.5, 0.6) is 0 Å². The van der Waals surface area contributed by atoms with Crippen LogP contribution < -0.4 is 5.73 Å². The number of amides is 1. The van der Waals surface area contributed by atoms with Gasteiger partial charge in [-0.2, -0.15) is 0 Å². The van der Waals surface area contributed by atoms with Gasteiger partial charge in [-0.3, -0.25) is 14.9 Å². The Morgan fingerprint density at radius 2 is 2.05 bits per heavy atom. The first-order chi connectivity index (χ1) is 9.73. The lowest BCUT2D eigenvalue weighted by molar-refractivity contribution is -0.384. The summed E-state index contributed by atoms with van der Waals surface area (Å²) in [4.78, 5) is 24.1. The van der Waals surface area contributed by atoms with Crippen molar-refractivity contribution in [3.8, 4) is 0 Å². The molecular weight excluding hydrogens is 374 g/mol. The van der Waals surface area contributed by atoms with Gasteiger partial charge in [0, 0.05) is 36.2 Å². The van der Waals surface area contributed by atoms with Crippen LogP contribution in [-0.2, 0) is 0 Å². The van der Waals surface area contributed by atoms with Crippen LogP contribution in [0, 0.1) is 16.0 Å². The Bertz CT molecular complexity index is 540. The van der Waals surface area contributed by atoms with Gasteiger partial charge in [0.25, 0.3) is 11.6 Å². The molecule has 1 unspecified atom stereocenters. The van der Waals surface area contributed by atoms with Crippen molar-refractivity contribution >= 4 is 39.9 Å². The van der Waals surface area contributed by atoms with E-state index < -0.39 is 4.92 Å². The van der Waals surface area contributed by atoms with Gasteiger partial charge in [0.15, 0.2) is 0 Å². The molecule has 0 aromatic heterocycles. The molecule has 0 aliphatic heterocycles. The molecule has 22 heavy (non-hydrogen) atoms. The van der Waals surface area contributed by atoms with Crippen molar-refractivity contribution in [3.63, 3.8) is 0 Å². The maximum atomic E-state index is 12.3. The number of hydrogen-bond donors (Lipinski definition) is 1. The van der Waals surface area contributed by atoms with E-state index in [1.54, 1.807) is 11.9 Å². The Labute approximate surface area is 144 Å². The van der Waals surface area contributed by atoms with Gasteiger partial charge in [0.2, 0.25) is 0 Å². The number of rotatable bonds is 6. The third-order valence-electron chi connectivity index (χ3n) is 3.39. The van der Waals surface area contributed by atoms with Gasteiger partial charge in [0.1, 0.15) is 0 Å². The summed E-state index contributed by atoms with van der Waals surface area (Å²) in [6, 6.07) is 4.16. The molecule has 0 aliphatic rings. The minimum Gasteiger partial charge on any atom is -0.342 e. The number of nitrogens with two attached hydrogens (primary N) is 1. The number of nitro groups is 1. The Morgan fingerprint density at radius 3 is 2.50 bits per heavy atom. The lowest BCUT2D eigenvalue weighted by atomic mass is 10.0. The fourth-order valence-electron chi connectivity index (χ4n) is 1.77. The smallest absolute Gasteiger partial charge is 0.270 e. The van der Waals surface area contributed by atoms with Crippen LogP contribution in [0.15, 0.2) is 22.7 Å². The molecular formula is C14H21BrClN3O3. The summed E-state index contributed by atoms with van der Waals surface area (Å²) in [7, 11) is 1.70. The number of hydrogen-bond acceptors (Lipinski definition) is 4. The second-order valence-electron chi connectivity index (χ2n) is 5.34. The van der Waals surface area contributed by atoms with Gasteiger partial charge >= 0.3 is 0 Å². The summed E-state index contributed by atoms with van der Waals surface area (Å²) < 4.78 is 0.418. The normalized spacial score (nSPS) is 11.7. The van der Waals surface area contributed by atoms with E-state index in [0.717, 1.165) is 0 Å². The third-order valence-corrected chi connectivity index (χ3v) is 4.05. The summed E-state index contributed by atoms with van der Waals surface area (Å²) in [5.41, 5.74) is 6.32. The summed E-state index contributed by atoms with van der Waals surface area (Å²) in [5, 5.41) is 10.7. The van der Waals surface area contributed by atoms with E-state index in [-0.39, 0.29) is 30.0 Å². The van der Waals surface area contributed by atoms with Crippen LogP contribution in [0.1, 0.15) is 30.6 Å². The highest BCUT2D eigenvalue weighted by Gasteiger charge is 2.18. The van der Waals surface area contributed by atoms with Gasteiger partial charge in [-0.25, -0.2) is 0 Å². The van der Waals surface area contributed by atoms with Crippen molar-refractivity contribution in [1.29, 1.82) is 0 Å². The van der Waals surface area contributed by atoms with Crippen LogP contribution in [0.4, 0.5) is 5.69 Å². The highest BCUT2D eigenvalue weighted by molar-refractivity contribution is 9.10. The first kappa shape index (κ1) is 20.8. The molecule has 8 heteroatoms. The second kappa shape index (κ2) is 9.07. The van der Waals surface area contributed by atoms with E-state index in [0.29, 0.717) is 28.9 Å². The SMILES string of the molecule is CC(C)C(N)CCN(C)C(=O)c1ccc([N+](=O)[O-])cc1Br.Cl. The largest absolute Gasteiger partial charge is 0.342 e. The molecule has 124 valence electrons. The molecule has 1 rings (SSSR count). The Kier molecular flexibility index (Phi) is 8.58. The van der Waals surface area contributed by atoms with Crippen LogP contribution in [0.25, 0.3) is 0 Å². The zero-order valence-corrected chi connectivity index (χ0v) is 15.2. The summed E-state index contributed by atoms with van der Waals surface area (Å²) >= 11 is 3.21. The predicted octanol–water partition coefficient (Wildman–Crippen LogP) is 3.22. The molecule has 1 amide bonds. The molecule has 6 nitrogen and oxygen atoms in total. The third kappa shape index (κ3) is 5.55. The first-order valence-electron chi connectivity index (χ1n) is 6.69. The highest BCUT2D eigenvalue weighted by Crippen LogP contribution is 2.24. The van der Waals surface area contributed by atoms with Gasteiger partial charge in [0.05, 0.1) is 10.5 Å². The molecule has 1 aromatic carbocycles. The van der Waals surface area contributed by atoms with E-state index in [1.807, 2.05) is 13.8 Å². The van der Waals surface area contributed by atoms with E-state index in [2.05, 4.69) is 15.9 Å². The standard InChI is InChI=1S/C14H20BrN3O3.ClH/c1-9(2)13(16)6-7-17(3)14(19)11-5-4-10(18(20)21)8-12(11)15;/h4-5,8-9,13H,6-7,16H2,1-3H3;1H. The zero-order chi connectivity index (χ0) is 16.2. The van der Waals surface area contributed by atoms with E-state index in [1.165, 1.54) is 18.2 Å². The van der Waals surface area contributed by atoms with Crippen LogP contribution in [0.3, 0.4) is 0 Å². The monoisotopic (exact) mass is 393 g/mol. The summed E-state index contributed by atoms with van der Waals surface area (Å²) in [6.07, 6.45) is 0.713. The lowest BCUT2D eigenvalue weighted by Crippen LogP contribution is -2.34. The summed E-state index contributed by atoms with van der Waals surface area (Å²) in [5.74, 6) is 0.173. The molecule has 0 aliphatic carbocycles. The Morgan fingerprint density at radius 1 is 1.45 bits per heavy atom. The molecule has 0 saturated heterocycles. The first-order valence-corrected chi connectivity index (χ1v) is 7.48. The van der Waals surface area contributed by atoms with Crippen molar-refractivity contribution < 1.29 is 9.72 Å². The predicted molar refractivity (Wildman–Crippen MR) is 92.4 cm³/mol. The van der Waals surface area contributed by atoms with Crippen molar-refractivity contribution in [3.05, 3.63) is 38.3 Å². The molecule has 0 fully saturated rings. The fraction of sp³-hybridized carbons (Fsp3) is 0.500. The maximum Gasteiger partial charge on any atom is 0.270 e.